The van der Waals surface area contributed by atoms with Crippen LogP contribution in [0.3, 0.4) is 0 Å². The number of halogens is 3. The van der Waals surface area contributed by atoms with Gasteiger partial charge in [-0.2, -0.15) is 13.2 Å². The van der Waals surface area contributed by atoms with E-state index in [2.05, 4.69) is 20.2 Å². The van der Waals surface area contributed by atoms with E-state index in [1.807, 2.05) is 0 Å². The molecule has 1 saturated carbocycles. The van der Waals surface area contributed by atoms with Crippen LogP contribution in [0.4, 0.5) is 13.2 Å². The molecule has 1 amide bonds. The first-order chi connectivity index (χ1) is 19.1. The van der Waals surface area contributed by atoms with Crippen LogP contribution < -0.4 is 15.6 Å². The molecule has 1 N–H and O–H groups in total. The van der Waals surface area contributed by atoms with Crippen LogP contribution in [-0.2, 0) is 17.5 Å². The van der Waals surface area contributed by atoms with Crippen molar-refractivity contribution in [1.29, 1.82) is 0 Å². The Morgan fingerprint density at radius 3 is 2.55 bits per heavy atom. The maximum absolute atomic E-state index is 13.7. The number of aromatic nitrogens is 3. The summed E-state index contributed by atoms with van der Waals surface area (Å²) in [5.41, 5.74) is -1.33. The van der Waals surface area contributed by atoms with Gasteiger partial charge >= 0.3 is 6.18 Å². The highest BCUT2D eigenvalue weighted by atomic mass is 19.4. The van der Waals surface area contributed by atoms with E-state index in [9.17, 15) is 22.8 Å². The fourth-order valence-corrected chi connectivity index (χ4v) is 5.31. The molecule has 40 heavy (non-hydrogen) atoms. The molecule has 0 spiro atoms. The van der Waals surface area contributed by atoms with Crippen molar-refractivity contribution in [3.05, 3.63) is 52.4 Å². The zero-order valence-corrected chi connectivity index (χ0v) is 22.7. The molecule has 0 unspecified atom stereocenters. The van der Waals surface area contributed by atoms with Crippen molar-refractivity contribution in [2.24, 2.45) is 5.92 Å². The fourth-order valence-electron chi connectivity index (χ4n) is 5.31. The topological polar surface area (TPSA) is 89.3 Å². The number of hydrogen-bond acceptors (Lipinski definition) is 6. The van der Waals surface area contributed by atoms with E-state index < -0.39 is 29.8 Å². The van der Waals surface area contributed by atoms with E-state index in [4.69, 9.17) is 4.74 Å². The first-order valence-electron chi connectivity index (χ1n) is 13.8. The van der Waals surface area contributed by atoms with E-state index in [0.29, 0.717) is 5.75 Å². The number of carbonyl (C=O) groups is 1. The lowest BCUT2D eigenvalue weighted by atomic mass is 9.85. The lowest BCUT2D eigenvalue weighted by Gasteiger charge is -2.36. The molecule has 2 fully saturated rings. The third-order valence-corrected chi connectivity index (χ3v) is 7.56. The number of piperidine rings is 1. The number of rotatable bonds is 8. The first kappa shape index (κ1) is 28.1. The van der Waals surface area contributed by atoms with Crippen LogP contribution in [0, 0.1) is 5.92 Å². The van der Waals surface area contributed by atoms with Gasteiger partial charge in [-0.1, -0.05) is 18.6 Å². The molecule has 8 nitrogen and oxygen atoms in total. The van der Waals surface area contributed by atoms with Crippen molar-refractivity contribution >= 4 is 16.9 Å². The van der Waals surface area contributed by atoms with Crippen LogP contribution in [0.5, 0.6) is 5.75 Å². The predicted octanol–water partition coefficient (Wildman–Crippen LogP) is 4.65. The average molecular weight is 558 g/mol. The summed E-state index contributed by atoms with van der Waals surface area (Å²) < 4.78 is 47.5. The van der Waals surface area contributed by atoms with Gasteiger partial charge in [-0.05, 0) is 63.6 Å². The predicted molar refractivity (Wildman–Crippen MR) is 145 cm³/mol. The zero-order valence-electron chi connectivity index (χ0n) is 22.7. The molecule has 0 atom stereocenters. The molecular weight excluding hydrogens is 523 g/mol. The van der Waals surface area contributed by atoms with Gasteiger partial charge in [0.25, 0.3) is 5.56 Å². The number of fused-ring (bicyclic) bond motifs is 1. The SMILES string of the molecule is CC(C)NC(=O)Cn1c(-c2cccc(C(F)(F)F)c2)nc2ncc(OC3CCN(CC4CCC4)CC3)cc2c1=O. The highest BCUT2D eigenvalue weighted by Gasteiger charge is 2.31. The number of ether oxygens (including phenoxy) is 1. The zero-order chi connectivity index (χ0) is 28.4. The first-order valence-corrected chi connectivity index (χ1v) is 13.8. The quantitative estimate of drug-likeness (QED) is 0.434. The number of benzene rings is 1. The minimum absolute atomic E-state index is 0.00623. The summed E-state index contributed by atoms with van der Waals surface area (Å²) in [6.45, 7) is 6.21. The second-order valence-corrected chi connectivity index (χ2v) is 11.1. The maximum atomic E-state index is 13.7. The van der Waals surface area contributed by atoms with Gasteiger partial charge in [0.2, 0.25) is 5.91 Å². The van der Waals surface area contributed by atoms with Crippen LogP contribution in [-0.4, -0.2) is 57.1 Å². The van der Waals surface area contributed by atoms with Crippen LogP contribution in [0.25, 0.3) is 22.4 Å². The van der Waals surface area contributed by atoms with Gasteiger partial charge in [0.1, 0.15) is 24.2 Å². The Labute approximate surface area is 230 Å². The van der Waals surface area contributed by atoms with Crippen LogP contribution >= 0.6 is 0 Å². The number of nitrogens with zero attached hydrogens (tertiary/aromatic N) is 4. The van der Waals surface area contributed by atoms with Gasteiger partial charge in [0.05, 0.1) is 17.1 Å². The molecule has 2 aliphatic rings. The summed E-state index contributed by atoms with van der Waals surface area (Å²) >= 11 is 0. The van der Waals surface area contributed by atoms with Crippen molar-refractivity contribution in [2.45, 2.75) is 70.8 Å². The Morgan fingerprint density at radius 1 is 1.15 bits per heavy atom. The number of carbonyl (C=O) groups excluding carboxylic acids is 1. The Hall–Kier alpha value is -3.47. The minimum Gasteiger partial charge on any atom is -0.489 e. The molecule has 0 bridgehead atoms. The number of alkyl halides is 3. The lowest BCUT2D eigenvalue weighted by molar-refractivity contribution is -0.137. The third-order valence-electron chi connectivity index (χ3n) is 7.56. The van der Waals surface area contributed by atoms with E-state index >= 15 is 0 Å². The second-order valence-electron chi connectivity index (χ2n) is 11.1. The third kappa shape index (κ3) is 6.46. The molecule has 3 aromatic rings. The number of nitrogens with one attached hydrogen (secondary N) is 1. The van der Waals surface area contributed by atoms with E-state index in [1.165, 1.54) is 37.6 Å². The monoisotopic (exact) mass is 557 g/mol. The normalized spacial score (nSPS) is 17.2. The molecule has 1 saturated heterocycles. The van der Waals surface area contributed by atoms with Crippen molar-refractivity contribution in [3.63, 3.8) is 0 Å². The maximum Gasteiger partial charge on any atom is 0.416 e. The largest absolute Gasteiger partial charge is 0.489 e. The van der Waals surface area contributed by atoms with Gasteiger partial charge in [-0.25, -0.2) is 9.97 Å². The summed E-state index contributed by atoms with van der Waals surface area (Å²) in [5, 5.41) is 2.85. The van der Waals surface area contributed by atoms with Crippen molar-refractivity contribution in [1.82, 2.24) is 24.8 Å². The number of pyridine rings is 1. The Bertz CT molecular complexity index is 1430. The number of amides is 1. The summed E-state index contributed by atoms with van der Waals surface area (Å²) in [5.74, 6) is 0.720. The highest BCUT2D eigenvalue weighted by Crippen LogP contribution is 2.32. The fraction of sp³-hybridized carbons (Fsp3) is 0.517. The average Bonchev–Trinajstić information content (AvgIpc) is 2.88. The van der Waals surface area contributed by atoms with Crippen molar-refractivity contribution in [2.75, 3.05) is 19.6 Å². The lowest BCUT2D eigenvalue weighted by Crippen LogP contribution is -2.41. The number of hydrogen-bond donors (Lipinski definition) is 1. The highest BCUT2D eigenvalue weighted by molar-refractivity contribution is 5.80. The Balaban J connectivity index is 1.44. The standard InChI is InChI=1S/C29H34F3N5O3/c1-18(2)34-25(38)17-37-27(20-7-4-8-21(13-20)29(30,31)32)35-26-24(28(37)39)14-23(15-33-26)40-22-9-11-36(12-10-22)16-19-5-3-6-19/h4,7-8,13-15,18-19,22H,3,5-6,9-12,16-17H2,1-2H3,(H,34,38). The molecule has 5 rings (SSSR count). The van der Waals surface area contributed by atoms with Gasteiger partial charge in [-0.3, -0.25) is 14.2 Å². The van der Waals surface area contributed by atoms with Crippen LogP contribution in [0.2, 0.25) is 0 Å². The van der Waals surface area contributed by atoms with Gasteiger partial charge in [-0.15, -0.1) is 0 Å². The van der Waals surface area contributed by atoms with Crippen LogP contribution in [0.1, 0.15) is 51.5 Å². The van der Waals surface area contributed by atoms with E-state index in [0.717, 1.165) is 55.1 Å². The van der Waals surface area contributed by atoms with Crippen molar-refractivity contribution in [3.8, 4) is 17.1 Å². The molecule has 1 aliphatic carbocycles. The molecule has 11 heteroatoms. The second kappa shape index (κ2) is 11.6. The minimum atomic E-state index is -4.58. The van der Waals surface area contributed by atoms with E-state index in [1.54, 1.807) is 19.9 Å². The summed E-state index contributed by atoms with van der Waals surface area (Å²) in [4.78, 5) is 37.6. The summed E-state index contributed by atoms with van der Waals surface area (Å²) in [6.07, 6.45) is 2.62. The molecule has 214 valence electrons. The molecule has 1 aliphatic heterocycles. The molecule has 1 aromatic carbocycles. The van der Waals surface area contributed by atoms with Crippen LogP contribution in [0.15, 0.2) is 41.3 Å². The molecule has 2 aromatic heterocycles. The van der Waals surface area contributed by atoms with Gasteiger partial charge in [0, 0.05) is 31.2 Å². The number of likely N-dealkylation sites (tertiary alicyclic amines) is 1. The van der Waals surface area contributed by atoms with Gasteiger partial charge < -0.3 is 15.0 Å². The Kier molecular flexibility index (Phi) is 8.11. The molecular formula is C29H34F3N5O3. The molecule has 3 heterocycles. The molecule has 0 radical (unpaired) electrons. The summed E-state index contributed by atoms with van der Waals surface area (Å²) in [7, 11) is 0. The van der Waals surface area contributed by atoms with Gasteiger partial charge in [0.15, 0.2) is 5.65 Å². The van der Waals surface area contributed by atoms with E-state index in [-0.39, 0.29) is 34.6 Å². The smallest absolute Gasteiger partial charge is 0.416 e. The van der Waals surface area contributed by atoms with Crippen molar-refractivity contribution < 1.29 is 22.7 Å². The Morgan fingerprint density at radius 2 is 1.90 bits per heavy atom. The summed E-state index contributed by atoms with van der Waals surface area (Å²) in [6, 6.07) is 5.90.